The van der Waals surface area contributed by atoms with Gasteiger partial charge in [-0.05, 0) is 57.9 Å². The molecule has 0 radical (unpaired) electrons. The summed E-state index contributed by atoms with van der Waals surface area (Å²) in [4.78, 5) is 24.9. The van der Waals surface area contributed by atoms with E-state index in [0.29, 0.717) is 18.5 Å². The highest BCUT2D eigenvalue weighted by molar-refractivity contribution is 6.09. The molecule has 2 aromatic carbocycles. The van der Waals surface area contributed by atoms with E-state index in [2.05, 4.69) is 71.6 Å². The van der Waals surface area contributed by atoms with Gasteiger partial charge in [-0.25, -0.2) is 13.9 Å². The van der Waals surface area contributed by atoms with Gasteiger partial charge in [-0.3, -0.25) is 4.79 Å². The number of nitrogens with zero attached hydrogens (tertiary/aromatic N) is 2. The number of nitrogens with one attached hydrogen (secondary N) is 1. The summed E-state index contributed by atoms with van der Waals surface area (Å²) in [6.45, 7) is 12.8. The number of rotatable bonds is 11. The Morgan fingerprint density at radius 3 is 2.45 bits per heavy atom. The normalized spacial score (nSPS) is 12.4. The van der Waals surface area contributed by atoms with E-state index >= 15 is 0 Å². The number of fused-ring (bicyclic) bond motifs is 2. The number of amides is 1. The molecule has 0 aromatic heterocycles. The third kappa shape index (κ3) is 6.60. The second-order valence-corrected chi connectivity index (χ2v) is 10.1. The molecule has 1 amide bonds. The summed E-state index contributed by atoms with van der Waals surface area (Å²) in [5.74, 6) is -0.146. The molecule has 1 atom stereocenters. The third-order valence-electron chi connectivity index (χ3n) is 7.43. The van der Waals surface area contributed by atoms with Crippen LogP contribution in [0.1, 0.15) is 51.4 Å². The molecule has 8 nitrogen and oxygen atoms in total. The predicted octanol–water partition coefficient (Wildman–Crippen LogP) is 4.82. The molecule has 2 N–H and O–H groups in total. The fraction of sp³-hybridized carbons (Fsp3) is 0.353. The lowest BCUT2D eigenvalue weighted by atomic mass is 9.90. The molecule has 0 spiro atoms. The minimum Gasteiger partial charge on any atom is -0.464 e. The standard InChI is InChI=1S/C34H40N3O5/c1-6-36(7-2)24-15-17-28-30(21-24)42-31-22-25(37(8-3)9-4)16-18-29(31)32(28)26-13-10-11-14-27(26)33(39)35-19-12-20-41-34(40)23(5)38/h6,10-11,13-18,21-23,38H,7-9,12,19-20H2,1-5H3/q+1/p+1/t23-/m1/s1. The Labute approximate surface area is 246 Å². The van der Waals surface area contributed by atoms with Crippen LogP contribution in [0.4, 0.5) is 5.69 Å². The lowest BCUT2D eigenvalue weighted by Gasteiger charge is -2.18. The number of hydrogen-bond acceptors (Lipinski definition) is 5. The molecule has 0 saturated heterocycles. The third-order valence-corrected chi connectivity index (χ3v) is 7.43. The van der Waals surface area contributed by atoms with Gasteiger partial charge in [-0.15, -0.1) is 0 Å². The fourth-order valence-corrected chi connectivity index (χ4v) is 5.20. The van der Waals surface area contributed by atoms with Gasteiger partial charge in [-0.1, -0.05) is 18.2 Å². The monoisotopic (exact) mass is 571 g/mol. The Bertz CT molecular complexity index is 1640. The number of aliphatic hydroxyl groups excluding tert-OH is 1. The highest BCUT2D eigenvalue weighted by atomic mass is 16.5. The number of hydrogen-bond donors (Lipinski definition) is 2. The Morgan fingerprint density at radius 1 is 1.00 bits per heavy atom. The van der Waals surface area contributed by atoms with Gasteiger partial charge >= 0.3 is 5.97 Å². The molecular formula is C34H41N3O5+2. The van der Waals surface area contributed by atoms with Crippen molar-refractivity contribution in [2.75, 3.05) is 32.8 Å². The van der Waals surface area contributed by atoms with Gasteiger partial charge < -0.3 is 19.6 Å². The lowest BCUT2D eigenvalue weighted by Crippen LogP contribution is -2.29. The van der Waals surface area contributed by atoms with E-state index < -0.39 is 12.1 Å². The van der Waals surface area contributed by atoms with Crippen LogP contribution < -0.4 is 15.2 Å². The summed E-state index contributed by atoms with van der Waals surface area (Å²) >= 11 is 0. The van der Waals surface area contributed by atoms with Gasteiger partial charge in [0.25, 0.3) is 5.91 Å². The first-order valence-electron chi connectivity index (χ1n) is 14.7. The molecule has 1 aliphatic carbocycles. The van der Waals surface area contributed by atoms with Crippen LogP contribution in [0.25, 0.3) is 33.4 Å². The first-order chi connectivity index (χ1) is 20.3. The van der Waals surface area contributed by atoms with Crippen LogP contribution in [0.15, 0.2) is 65.1 Å². The number of esters is 1. The fourth-order valence-electron chi connectivity index (χ4n) is 5.20. The SMILES string of the molecule is CC=[N+](CC)c1ccc2c(-c3ccccc3C(=O)NCCCOC(=O)[C@@H](C)O)c3ccc(=[N+](CC)CC)cc-3oc2c1. The van der Waals surface area contributed by atoms with Gasteiger partial charge in [0, 0.05) is 47.7 Å². The second-order valence-electron chi connectivity index (χ2n) is 10.1. The maximum atomic E-state index is 13.5. The second kappa shape index (κ2) is 14.0. The van der Waals surface area contributed by atoms with Crippen molar-refractivity contribution >= 4 is 34.7 Å². The average molecular weight is 572 g/mol. The number of carbonyl (C=O) groups is 2. The molecule has 8 heteroatoms. The molecule has 220 valence electrons. The van der Waals surface area contributed by atoms with E-state index in [4.69, 9.17) is 9.15 Å². The largest absolute Gasteiger partial charge is 0.464 e. The number of aliphatic hydroxyl groups is 1. The highest BCUT2D eigenvalue weighted by Crippen LogP contribution is 2.41. The topological polar surface area (TPSA) is 94.8 Å². The summed E-state index contributed by atoms with van der Waals surface area (Å²) < 4.78 is 16.0. The van der Waals surface area contributed by atoms with Gasteiger partial charge in [-0.2, -0.15) is 0 Å². The van der Waals surface area contributed by atoms with E-state index in [1.54, 1.807) is 0 Å². The van der Waals surface area contributed by atoms with Crippen molar-refractivity contribution in [1.29, 1.82) is 0 Å². The molecule has 1 heterocycles. The van der Waals surface area contributed by atoms with Crippen molar-refractivity contribution in [1.82, 2.24) is 9.89 Å². The molecule has 0 fully saturated rings. The molecule has 42 heavy (non-hydrogen) atoms. The first kappa shape index (κ1) is 30.7. The molecule has 2 aromatic rings. The highest BCUT2D eigenvalue weighted by Gasteiger charge is 2.23. The average Bonchev–Trinajstić information content (AvgIpc) is 3.00. The summed E-state index contributed by atoms with van der Waals surface area (Å²) in [6.07, 6.45) is 1.31. The Balaban J connectivity index is 1.83. The summed E-state index contributed by atoms with van der Waals surface area (Å²) in [7, 11) is 0. The molecule has 0 saturated carbocycles. The summed E-state index contributed by atoms with van der Waals surface area (Å²) in [5.41, 5.74) is 4.97. The van der Waals surface area contributed by atoms with Gasteiger partial charge in [0.15, 0.2) is 0 Å². The number of ether oxygens (including phenoxy) is 1. The number of carbonyl (C=O) groups excluding carboxylic acids is 2. The summed E-state index contributed by atoms with van der Waals surface area (Å²) in [6, 6.07) is 20.1. The van der Waals surface area contributed by atoms with Crippen molar-refractivity contribution in [3.8, 4) is 22.5 Å². The number of benzene rings is 3. The van der Waals surface area contributed by atoms with Crippen LogP contribution in [0.5, 0.6) is 0 Å². The van der Waals surface area contributed by atoms with Crippen molar-refractivity contribution in [2.24, 2.45) is 0 Å². The first-order valence-corrected chi connectivity index (χ1v) is 14.7. The van der Waals surface area contributed by atoms with Crippen molar-refractivity contribution < 1.29 is 28.4 Å². The Kier molecular flexibility index (Phi) is 10.3. The quantitative estimate of drug-likeness (QED) is 0.0886. The zero-order chi connectivity index (χ0) is 30.2. The van der Waals surface area contributed by atoms with Gasteiger partial charge in [0.05, 0.1) is 18.7 Å². The van der Waals surface area contributed by atoms with E-state index in [9.17, 15) is 14.7 Å². The summed E-state index contributed by atoms with van der Waals surface area (Å²) in [5, 5.41) is 14.2. The van der Waals surface area contributed by atoms with Crippen LogP contribution >= 0.6 is 0 Å². The molecule has 1 aliphatic heterocycles. The lowest BCUT2D eigenvalue weighted by molar-refractivity contribution is -0.431. The molecule has 4 rings (SSSR count). The Hall–Kier alpha value is -4.30. The zero-order valence-electron chi connectivity index (χ0n) is 25.1. The van der Waals surface area contributed by atoms with Crippen LogP contribution in [0, 0.1) is 0 Å². The minimum absolute atomic E-state index is 0.113. The van der Waals surface area contributed by atoms with Crippen LogP contribution in [-0.2, 0) is 9.53 Å². The van der Waals surface area contributed by atoms with E-state index in [0.717, 1.165) is 64.1 Å². The Morgan fingerprint density at radius 2 is 1.76 bits per heavy atom. The maximum Gasteiger partial charge on any atom is 0.334 e. The predicted molar refractivity (Wildman–Crippen MR) is 166 cm³/mol. The maximum absolute atomic E-state index is 13.5. The van der Waals surface area contributed by atoms with E-state index in [1.165, 1.54) is 6.92 Å². The van der Waals surface area contributed by atoms with E-state index in [-0.39, 0.29) is 12.5 Å². The van der Waals surface area contributed by atoms with Crippen molar-refractivity contribution in [3.63, 3.8) is 0 Å². The molecule has 0 unspecified atom stereocenters. The minimum atomic E-state index is -1.17. The van der Waals surface area contributed by atoms with Gasteiger partial charge in [0.2, 0.25) is 11.0 Å². The van der Waals surface area contributed by atoms with Crippen LogP contribution in [0.2, 0.25) is 0 Å². The molecule has 2 aliphatic rings. The van der Waals surface area contributed by atoms with E-state index in [1.807, 2.05) is 37.4 Å². The van der Waals surface area contributed by atoms with Crippen molar-refractivity contribution in [3.05, 3.63) is 71.6 Å². The molecular weight excluding hydrogens is 530 g/mol. The van der Waals surface area contributed by atoms with Crippen LogP contribution in [0.3, 0.4) is 0 Å². The van der Waals surface area contributed by atoms with Crippen LogP contribution in [-0.4, -0.2) is 66.7 Å². The zero-order valence-corrected chi connectivity index (χ0v) is 25.1. The molecule has 0 bridgehead atoms. The van der Waals surface area contributed by atoms with Gasteiger partial charge in [0.1, 0.15) is 43.3 Å². The smallest absolute Gasteiger partial charge is 0.334 e. The van der Waals surface area contributed by atoms with Crippen molar-refractivity contribution in [2.45, 2.75) is 47.1 Å².